The maximum absolute atomic E-state index is 12.3. The van der Waals surface area contributed by atoms with Crippen molar-refractivity contribution in [3.05, 3.63) is 0 Å². The second kappa shape index (κ2) is 25.6. The Morgan fingerprint density at radius 1 is 0.692 bits per heavy atom. The fraction of sp³-hybridized carbons (Fsp3) is 0.935. The van der Waals surface area contributed by atoms with Crippen molar-refractivity contribution in [2.24, 2.45) is 5.92 Å². The second-order valence-electron chi connectivity index (χ2n) is 11.0. The fourth-order valence-corrected chi connectivity index (χ4v) is 4.52. The Morgan fingerprint density at radius 2 is 1.23 bits per heavy atom. The van der Waals surface area contributed by atoms with Crippen molar-refractivity contribution in [2.75, 3.05) is 52.7 Å². The number of esters is 1. The van der Waals surface area contributed by atoms with Gasteiger partial charge in [0.05, 0.1) is 13.0 Å². The molecule has 0 N–H and O–H groups in total. The first-order chi connectivity index (χ1) is 19.0. The zero-order chi connectivity index (χ0) is 28.4. The highest BCUT2D eigenvalue weighted by Gasteiger charge is 2.16. The third-order valence-corrected chi connectivity index (χ3v) is 7.03. The Hall–Kier alpha value is -1.38. The molecule has 0 aromatic heterocycles. The molecule has 1 rings (SSSR count). The van der Waals surface area contributed by atoms with Crippen LogP contribution < -0.4 is 0 Å². The van der Waals surface area contributed by atoms with E-state index in [-0.39, 0.29) is 37.8 Å². The number of carbonyl (C=O) groups is 2. The van der Waals surface area contributed by atoms with Gasteiger partial charge in [0.15, 0.2) is 6.29 Å². The smallest absolute Gasteiger partial charge is 0.465 e. The Labute approximate surface area is 238 Å². The van der Waals surface area contributed by atoms with Crippen LogP contribution in [0.5, 0.6) is 0 Å². The molecule has 1 atom stereocenters. The highest BCUT2D eigenvalue weighted by atomic mass is 16.7. The molecule has 0 aromatic rings. The van der Waals surface area contributed by atoms with E-state index >= 15 is 0 Å². The van der Waals surface area contributed by atoms with Crippen molar-refractivity contribution in [1.82, 2.24) is 4.90 Å². The summed E-state index contributed by atoms with van der Waals surface area (Å²) in [7, 11) is 0. The van der Waals surface area contributed by atoms with E-state index in [9.17, 15) is 9.59 Å². The molecule has 230 valence electrons. The van der Waals surface area contributed by atoms with Crippen molar-refractivity contribution in [2.45, 2.75) is 130 Å². The van der Waals surface area contributed by atoms with Crippen LogP contribution in [-0.4, -0.2) is 76.0 Å². The number of unbranched alkanes of at least 4 members (excludes halogenated alkanes) is 10. The Kier molecular flexibility index (Phi) is 23.4. The molecule has 0 aromatic carbocycles. The van der Waals surface area contributed by atoms with Crippen LogP contribution in [0.4, 0.5) is 4.79 Å². The van der Waals surface area contributed by atoms with E-state index in [0.717, 1.165) is 45.3 Å². The van der Waals surface area contributed by atoms with E-state index < -0.39 is 6.16 Å². The van der Waals surface area contributed by atoms with Crippen LogP contribution in [0.15, 0.2) is 0 Å². The van der Waals surface area contributed by atoms with Gasteiger partial charge in [-0.2, -0.15) is 0 Å². The van der Waals surface area contributed by atoms with Gasteiger partial charge in [-0.25, -0.2) is 4.79 Å². The number of carbonyl (C=O) groups excluding carboxylic acids is 2. The van der Waals surface area contributed by atoms with Gasteiger partial charge in [-0.3, -0.25) is 9.69 Å². The fourth-order valence-electron chi connectivity index (χ4n) is 4.52. The predicted molar refractivity (Wildman–Crippen MR) is 155 cm³/mol. The van der Waals surface area contributed by atoms with Crippen LogP contribution in [0.3, 0.4) is 0 Å². The first kappa shape index (κ1) is 35.6. The van der Waals surface area contributed by atoms with Crippen molar-refractivity contribution in [3.63, 3.8) is 0 Å². The molecule has 0 radical (unpaired) electrons. The molecule has 0 saturated carbocycles. The minimum Gasteiger partial charge on any atom is -0.465 e. The van der Waals surface area contributed by atoms with Gasteiger partial charge in [-0.1, -0.05) is 85.0 Å². The lowest BCUT2D eigenvalue weighted by Crippen LogP contribution is -2.26. The minimum atomic E-state index is -0.666. The maximum atomic E-state index is 12.3. The molecule has 0 aliphatic carbocycles. The standard InChI is InChI=1S/C31H59NO7/c1-4-6-8-10-12-16-23-35-30(36-24-17-13-11-9-7-5-2)19-18-29(33)38-26-28(3)27-39-31(34)37-25-22-32-20-14-15-21-32/h28,30H,4-27H2,1-3H3. The van der Waals surface area contributed by atoms with Crippen molar-refractivity contribution in [1.29, 1.82) is 0 Å². The lowest BCUT2D eigenvalue weighted by molar-refractivity contribution is -0.160. The molecule has 0 amide bonds. The normalized spacial score (nSPS) is 14.6. The number of nitrogens with zero attached hydrogens (tertiary/aromatic N) is 1. The predicted octanol–water partition coefficient (Wildman–Crippen LogP) is 7.28. The van der Waals surface area contributed by atoms with Crippen LogP contribution in [-0.2, 0) is 28.5 Å². The molecule has 39 heavy (non-hydrogen) atoms. The Balaban J connectivity index is 2.19. The summed E-state index contributed by atoms with van der Waals surface area (Å²) in [5, 5.41) is 0. The molecule has 8 nitrogen and oxygen atoms in total. The van der Waals surface area contributed by atoms with E-state index in [1.165, 1.54) is 64.2 Å². The summed E-state index contributed by atoms with van der Waals surface area (Å²) < 4.78 is 27.7. The first-order valence-electron chi connectivity index (χ1n) is 16.0. The summed E-state index contributed by atoms with van der Waals surface area (Å²) in [4.78, 5) is 26.4. The monoisotopic (exact) mass is 557 g/mol. The molecule has 1 saturated heterocycles. The van der Waals surface area contributed by atoms with Crippen molar-refractivity contribution in [3.8, 4) is 0 Å². The zero-order valence-corrected chi connectivity index (χ0v) is 25.4. The third kappa shape index (κ3) is 22.0. The van der Waals surface area contributed by atoms with E-state index in [2.05, 4.69) is 18.7 Å². The zero-order valence-electron chi connectivity index (χ0n) is 25.4. The lowest BCUT2D eigenvalue weighted by atomic mass is 10.1. The lowest BCUT2D eigenvalue weighted by Gasteiger charge is -2.19. The highest BCUT2D eigenvalue weighted by Crippen LogP contribution is 2.12. The van der Waals surface area contributed by atoms with Crippen molar-refractivity contribution < 1.29 is 33.3 Å². The summed E-state index contributed by atoms with van der Waals surface area (Å²) >= 11 is 0. The summed E-state index contributed by atoms with van der Waals surface area (Å²) in [5.74, 6) is -0.393. The number of ether oxygens (including phenoxy) is 5. The number of hydrogen-bond acceptors (Lipinski definition) is 8. The van der Waals surface area contributed by atoms with Crippen LogP contribution in [0.25, 0.3) is 0 Å². The quantitative estimate of drug-likeness (QED) is 0.0623. The van der Waals surface area contributed by atoms with Crippen LogP contribution >= 0.6 is 0 Å². The van der Waals surface area contributed by atoms with Gasteiger partial charge in [0, 0.05) is 32.1 Å². The van der Waals surface area contributed by atoms with Gasteiger partial charge >= 0.3 is 12.1 Å². The highest BCUT2D eigenvalue weighted by molar-refractivity contribution is 5.69. The SMILES string of the molecule is CCCCCCCCOC(CCC(=O)OCC(C)COC(=O)OCCN1CCCC1)OCCCCCCCC. The van der Waals surface area contributed by atoms with Crippen LogP contribution in [0.1, 0.15) is 124 Å². The minimum absolute atomic E-state index is 0.108. The summed E-state index contributed by atoms with van der Waals surface area (Å²) in [6.45, 7) is 11.2. The molecular weight excluding hydrogens is 498 g/mol. The molecule has 1 fully saturated rings. The van der Waals surface area contributed by atoms with E-state index in [1.807, 2.05) is 6.92 Å². The summed E-state index contributed by atoms with van der Waals surface area (Å²) in [6.07, 6.45) is 16.6. The number of hydrogen-bond donors (Lipinski definition) is 0. The van der Waals surface area contributed by atoms with Crippen LogP contribution in [0, 0.1) is 5.92 Å². The van der Waals surface area contributed by atoms with Gasteiger partial charge in [0.1, 0.15) is 13.2 Å². The molecule has 1 aliphatic rings. The molecule has 0 spiro atoms. The third-order valence-electron chi connectivity index (χ3n) is 7.03. The first-order valence-corrected chi connectivity index (χ1v) is 16.0. The molecule has 1 heterocycles. The molecular formula is C31H59NO7. The van der Waals surface area contributed by atoms with Gasteiger partial charge in [-0.05, 0) is 38.8 Å². The summed E-state index contributed by atoms with van der Waals surface area (Å²) in [6, 6.07) is 0. The molecule has 1 aliphatic heterocycles. The topological polar surface area (TPSA) is 83.5 Å². The largest absolute Gasteiger partial charge is 0.508 e. The number of likely N-dealkylation sites (tertiary alicyclic amines) is 1. The van der Waals surface area contributed by atoms with E-state index in [1.54, 1.807) is 0 Å². The molecule has 1 unspecified atom stereocenters. The number of rotatable bonds is 26. The van der Waals surface area contributed by atoms with E-state index in [4.69, 9.17) is 23.7 Å². The average Bonchev–Trinajstić information content (AvgIpc) is 3.45. The Morgan fingerprint density at radius 3 is 1.82 bits per heavy atom. The second-order valence-corrected chi connectivity index (χ2v) is 11.0. The van der Waals surface area contributed by atoms with Gasteiger partial charge in [0.2, 0.25) is 0 Å². The average molecular weight is 558 g/mol. The molecule has 0 bridgehead atoms. The summed E-state index contributed by atoms with van der Waals surface area (Å²) in [5.41, 5.74) is 0. The van der Waals surface area contributed by atoms with Gasteiger partial charge in [-0.15, -0.1) is 0 Å². The maximum Gasteiger partial charge on any atom is 0.508 e. The molecule has 8 heteroatoms. The van der Waals surface area contributed by atoms with Crippen LogP contribution in [0.2, 0.25) is 0 Å². The van der Waals surface area contributed by atoms with Gasteiger partial charge in [0.25, 0.3) is 0 Å². The van der Waals surface area contributed by atoms with E-state index in [0.29, 0.717) is 26.2 Å². The van der Waals surface area contributed by atoms with Gasteiger partial charge < -0.3 is 23.7 Å². The van der Waals surface area contributed by atoms with Crippen molar-refractivity contribution >= 4 is 12.1 Å². The Bertz CT molecular complexity index is 565.